The lowest BCUT2D eigenvalue weighted by molar-refractivity contribution is 0.0628. The van der Waals surface area contributed by atoms with Crippen molar-refractivity contribution < 1.29 is 5.11 Å². The zero-order valence-electron chi connectivity index (χ0n) is 9.72. The van der Waals surface area contributed by atoms with E-state index in [1.807, 2.05) is 0 Å². The quantitative estimate of drug-likeness (QED) is 0.842. The minimum atomic E-state index is -0.112. The van der Waals surface area contributed by atoms with Gasteiger partial charge in [-0.15, -0.1) is 11.3 Å². The summed E-state index contributed by atoms with van der Waals surface area (Å²) in [6, 6.07) is 2.49. The Labute approximate surface area is 101 Å². The number of hydrogen-bond donors (Lipinski definition) is 2. The summed E-state index contributed by atoms with van der Waals surface area (Å²) in [5.41, 5.74) is 7.24. The molecule has 0 radical (unpaired) electrons. The first-order valence-electron chi connectivity index (χ1n) is 5.88. The summed E-state index contributed by atoms with van der Waals surface area (Å²) in [4.78, 5) is 3.80. The van der Waals surface area contributed by atoms with E-state index in [2.05, 4.69) is 23.3 Å². The van der Waals surface area contributed by atoms with Gasteiger partial charge in [0.05, 0.1) is 12.1 Å². The summed E-state index contributed by atoms with van der Waals surface area (Å²) in [7, 11) is 0. The molecule has 0 amide bonds. The van der Waals surface area contributed by atoms with Crippen molar-refractivity contribution >= 4 is 11.3 Å². The maximum Gasteiger partial charge on any atom is 0.0567 e. The molecule has 1 saturated heterocycles. The number of nitrogens with zero attached hydrogens (tertiary/aromatic N) is 1. The van der Waals surface area contributed by atoms with Gasteiger partial charge in [-0.1, -0.05) is 0 Å². The summed E-state index contributed by atoms with van der Waals surface area (Å²) in [5, 5.41) is 11.6. The molecule has 1 aliphatic heterocycles. The highest BCUT2D eigenvalue weighted by Crippen LogP contribution is 2.30. The lowest BCUT2D eigenvalue weighted by Crippen LogP contribution is -2.41. The molecule has 2 heterocycles. The number of aryl methyl sites for hydroxylation is 1. The Balaban J connectivity index is 2.08. The van der Waals surface area contributed by atoms with E-state index in [9.17, 15) is 5.11 Å². The van der Waals surface area contributed by atoms with E-state index in [0.29, 0.717) is 12.6 Å². The van der Waals surface area contributed by atoms with E-state index in [1.54, 1.807) is 11.3 Å². The molecule has 4 heteroatoms. The zero-order valence-corrected chi connectivity index (χ0v) is 10.5. The van der Waals surface area contributed by atoms with Crippen LogP contribution in [0.2, 0.25) is 0 Å². The van der Waals surface area contributed by atoms with Crippen LogP contribution in [0.1, 0.15) is 29.3 Å². The molecule has 1 unspecified atom stereocenters. The van der Waals surface area contributed by atoms with Gasteiger partial charge in [-0.2, -0.15) is 0 Å². The van der Waals surface area contributed by atoms with Gasteiger partial charge in [0, 0.05) is 24.5 Å². The van der Waals surface area contributed by atoms with E-state index in [0.717, 1.165) is 25.9 Å². The summed E-state index contributed by atoms with van der Waals surface area (Å²) >= 11 is 1.79. The number of aliphatic hydroxyl groups is 1. The maximum atomic E-state index is 9.51. The summed E-state index contributed by atoms with van der Waals surface area (Å²) in [6.45, 7) is 4.73. The van der Waals surface area contributed by atoms with Crippen LogP contribution in [0.15, 0.2) is 11.4 Å². The highest BCUT2D eigenvalue weighted by Gasteiger charge is 2.25. The number of likely N-dealkylation sites (tertiary alicyclic amines) is 1. The third kappa shape index (κ3) is 2.46. The molecule has 3 nitrogen and oxygen atoms in total. The molecule has 1 fully saturated rings. The van der Waals surface area contributed by atoms with Gasteiger partial charge in [0.25, 0.3) is 0 Å². The molecule has 0 spiro atoms. The van der Waals surface area contributed by atoms with Gasteiger partial charge in [-0.05, 0) is 36.8 Å². The third-order valence-electron chi connectivity index (χ3n) is 3.37. The normalized spacial score (nSPS) is 21.2. The summed E-state index contributed by atoms with van der Waals surface area (Å²) in [6.07, 6.45) is 1.64. The number of aliphatic hydroxyl groups excluding tert-OH is 1. The van der Waals surface area contributed by atoms with E-state index >= 15 is 0 Å². The molecule has 3 N–H and O–H groups in total. The second kappa shape index (κ2) is 5.27. The third-order valence-corrected chi connectivity index (χ3v) is 4.49. The van der Waals surface area contributed by atoms with Crippen molar-refractivity contribution in [3.05, 3.63) is 21.9 Å². The predicted octanol–water partition coefficient (Wildman–Crippen LogP) is 1.51. The minimum Gasteiger partial charge on any atom is -0.393 e. The van der Waals surface area contributed by atoms with Crippen LogP contribution in [-0.4, -0.2) is 35.7 Å². The van der Waals surface area contributed by atoms with Crippen molar-refractivity contribution in [3.63, 3.8) is 0 Å². The molecule has 90 valence electrons. The van der Waals surface area contributed by atoms with Crippen LogP contribution in [-0.2, 0) is 0 Å². The maximum absolute atomic E-state index is 9.51. The van der Waals surface area contributed by atoms with E-state index in [-0.39, 0.29) is 6.10 Å². The predicted molar refractivity (Wildman–Crippen MR) is 67.7 cm³/mol. The van der Waals surface area contributed by atoms with Gasteiger partial charge in [0.2, 0.25) is 0 Å². The van der Waals surface area contributed by atoms with Gasteiger partial charge in [0.15, 0.2) is 0 Å². The number of hydrogen-bond acceptors (Lipinski definition) is 4. The Morgan fingerprint density at radius 1 is 1.56 bits per heavy atom. The van der Waals surface area contributed by atoms with E-state index in [4.69, 9.17) is 5.73 Å². The molecule has 1 aromatic rings. The van der Waals surface area contributed by atoms with Crippen molar-refractivity contribution in [2.75, 3.05) is 19.6 Å². The molecule has 0 bridgehead atoms. The molecule has 0 saturated carbocycles. The topological polar surface area (TPSA) is 49.5 Å². The zero-order chi connectivity index (χ0) is 11.5. The number of rotatable bonds is 3. The Hall–Kier alpha value is -0.420. The van der Waals surface area contributed by atoms with Crippen molar-refractivity contribution in [1.29, 1.82) is 0 Å². The first kappa shape index (κ1) is 12.0. The van der Waals surface area contributed by atoms with Crippen molar-refractivity contribution in [2.45, 2.75) is 31.9 Å². The first-order chi connectivity index (χ1) is 7.72. The van der Waals surface area contributed by atoms with E-state index < -0.39 is 0 Å². The molecule has 1 aliphatic rings. The smallest absolute Gasteiger partial charge is 0.0567 e. The second-order valence-electron chi connectivity index (χ2n) is 4.49. The van der Waals surface area contributed by atoms with Crippen molar-refractivity contribution in [3.8, 4) is 0 Å². The van der Waals surface area contributed by atoms with Crippen LogP contribution in [0.3, 0.4) is 0 Å². The highest BCUT2D eigenvalue weighted by atomic mass is 32.1. The Bertz CT molecular complexity index is 332. The lowest BCUT2D eigenvalue weighted by Gasteiger charge is -2.35. The molecular formula is C12H20N2OS. The standard InChI is InChI=1S/C12H20N2OS/c1-9-4-7-16-12(9)11(8-13)14-5-2-10(15)3-6-14/h4,7,10-11,15H,2-3,5-6,8,13H2,1H3. The van der Waals surface area contributed by atoms with Crippen molar-refractivity contribution in [1.82, 2.24) is 4.90 Å². The largest absolute Gasteiger partial charge is 0.393 e. The average molecular weight is 240 g/mol. The van der Waals surface area contributed by atoms with Gasteiger partial charge in [-0.3, -0.25) is 4.90 Å². The van der Waals surface area contributed by atoms with Crippen LogP contribution in [0.4, 0.5) is 0 Å². The average Bonchev–Trinajstić information content (AvgIpc) is 2.69. The summed E-state index contributed by atoms with van der Waals surface area (Å²) in [5.74, 6) is 0. The number of piperidine rings is 1. The SMILES string of the molecule is Cc1ccsc1C(CN)N1CCC(O)CC1. The monoisotopic (exact) mass is 240 g/mol. The number of thiophene rings is 1. The van der Waals surface area contributed by atoms with Gasteiger partial charge in [-0.25, -0.2) is 0 Å². The van der Waals surface area contributed by atoms with Crippen LogP contribution >= 0.6 is 11.3 Å². The van der Waals surface area contributed by atoms with Gasteiger partial charge >= 0.3 is 0 Å². The fraction of sp³-hybridized carbons (Fsp3) is 0.667. The fourth-order valence-electron chi connectivity index (χ4n) is 2.35. The second-order valence-corrected chi connectivity index (χ2v) is 5.43. The molecule has 16 heavy (non-hydrogen) atoms. The highest BCUT2D eigenvalue weighted by molar-refractivity contribution is 7.10. The van der Waals surface area contributed by atoms with Gasteiger partial charge in [0.1, 0.15) is 0 Å². The molecule has 1 aromatic heterocycles. The Morgan fingerprint density at radius 3 is 2.75 bits per heavy atom. The van der Waals surface area contributed by atoms with Gasteiger partial charge < -0.3 is 10.8 Å². The molecule has 0 aromatic carbocycles. The van der Waals surface area contributed by atoms with Crippen LogP contribution in [0.5, 0.6) is 0 Å². The Kier molecular flexibility index (Phi) is 3.97. The summed E-state index contributed by atoms with van der Waals surface area (Å²) < 4.78 is 0. The first-order valence-corrected chi connectivity index (χ1v) is 6.76. The number of nitrogens with two attached hydrogens (primary N) is 1. The molecule has 1 atom stereocenters. The van der Waals surface area contributed by atoms with Crippen LogP contribution in [0.25, 0.3) is 0 Å². The molecule has 0 aliphatic carbocycles. The fourth-order valence-corrected chi connectivity index (χ4v) is 3.42. The van der Waals surface area contributed by atoms with Crippen molar-refractivity contribution in [2.24, 2.45) is 5.73 Å². The van der Waals surface area contributed by atoms with E-state index in [1.165, 1.54) is 10.4 Å². The minimum absolute atomic E-state index is 0.112. The van der Waals surface area contributed by atoms with Crippen LogP contribution < -0.4 is 5.73 Å². The van der Waals surface area contributed by atoms with Crippen LogP contribution in [0, 0.1) is 6.92 Å². The molecule has 2 rings (SSSR count). The lowest BCUT2D eigenvalue weighted by atomic mass is 10.0. The Morgan fingerprint density at radius 2 is 2.25 bits per heavy atom. The molecular weight excluding hydrogens is 220 g/mol.